The van der Waals surface area contributed by atoms with Crippen molar-refractivity contribution < 1.29 is 9.84 Å². The monoisotopic (exact) mass is 317 g/mol. The molecule has 1 heterocycles. The van der Waals surface area contributed by atoms with Crippen LogP contribution in [0.25, 0.3) is 22.4 Å². The number of phenolic OH excluding ortho intramolecular Hbond substituents is 1. The predicted octanol–water partition coefficient (Wildman–Crippen LogP) is 4.83. The third-order valence-electron chi connectivity index (χ3n) is 2.99. The minimum atomic E-state index is 0.121. The number of aromatic nitrogens is 1. The first kappa shape index (κ1) is 13.9. The Kier molecular flexibility index (Phi) is 3.82. The molecule has 0 aliphatic rings. The van der Waals surface area contributed by atoms with Gasteiger partial charge in [-0.3, -0.25) is 0 Å². The van der Waals surface area contributed by atoms with Crippen molar-refractivity contribution in [2.24, 2.45) is 0 Å². The Morgan fingerprint density at radius 2 is 2.05 bits per heavy atom. The average Bonchev–Trinajstić information content (AvgIpc) is 2.87. The van der Waals surface area contributed by atoms with Crippen molar-refractivity contribution in [3.8, 4) is 11.5 Å². The largest absolute Gasteiger partial charge is 0.504 e. The standard InChI is InChI=1S/C16H12ClNO2S/c1-20-14-5-2-10(8-13(14)19)3-7-16-18-12-9-11(17)4-6-15(12)21-16/h2-9,19H,1H3/b7-3+. The molecule has 3 rings (SSSR count). The minimum Gasteiger partial charge on any atom is -0.504 e. The third kappa shape index (κ3) is 3.01. The first-order valence-electron chi connectivity index (χ1n) is 6.27. The van der Waals surface area contributed by atoms with Gasteiger partial charge in [0.25, 0.3) is 0 Å². The number of rotatable bonds is 3. The van der Waals surface area contributed by atoms with E-state index in [2.05, 4.69) is 4.98 Å². The molecule has 0 saturated carbocycles. The van der Waals surface area contributed by atoms with Crippen LogP contribution in [0.4, 0.5) is 0 Å². The van der Waals surface area contributed by atoms with Crippen molar-refractivity contribution in [2.75, 3.05) is 7.11 Å². The number of benzene rings is 2. The Morgan fingerprint density at radius 3 is 2.81 bits per heavy atom. The molecule has 0 fully saturated rings. The zero-order valence-corrected chi connectivity index (χ0v) is 12.8. The molecule has 0 amide bonds. The lowest BCUT2D eigenvalue weighted by Crippen LogP contribution is -1.83. The van der Waals surface area contributed by atoms with E-state index in [0.29, 0.717) is 10.8 Å². The first-order valence-corrected chi connectivity index (χ1v) is 7.46. The lowest BCUT2D eigenvalue weighted by molar-refractivity contribution is 0.373. The molecule has 5 heteroatoms. The maximum absolute atomic E-state index is 9.75. The maximum atomic E-state index is 9.75. The molecule has 0 spiro atoms. The number of ether oxygens (including phenoxy) is 1. The fourth-order valence-electron chi connectivity index (χ4n) is 1.97. The van der Waals surface area contributed by atoms with Crippen LogP contribution in [-0.2, 0) is 0 Å². The molecule has 0 unspecified atom stereocenters. The molecule has 0 atom stereocenters. The fourth-order valence-corrected chi connectivity index (χ4v) is 2.98. The van der Waals surface area contributed by atoms with Crippen LogP contribution in [0.2, 0.25) is 5.02 Å². The summed E-state index contributed by atoms with van der Waals surface area (Å²) in [5, 5.41) is 11.3. The summed E-state index contributed by atoms with van der Waals surface area (Å²) in [6.45, 7) is 0. The second-order valence-electron chi connectivity index (χ2n) is 4.43. The number of aromatic hydroxyl groups is 1. The van der Waals surface area contributed by atoms with Crippen LogP contribution >= 0.6 is 22.9 Å². The van der Waals surface area contributed by atoms with Crippen LogP contribution in [-0.4, -0.2) is 17.2 Å². The van der Waals surface area contributed by atoms with Crippen molar-refractivity contribution in [1.29, 1.82) is 0 Å². The molecule has 0 radical (unpaired) electrons. The number of thiazole rings is 1. The molecule has 0 aliphatic carbocycles. The zero-order valence-electron chi connectivity index (χ0n) is 11.2. The number of nitrogens with zero attached hydrogens (tertiary/aromatic N) is 1. The molecule has 106 valence electrons. The first-order chi connectivity index (χ1) is 10.2. The van der Waals surface area contributed by atoms with Crippen molar-refractivity contribution >= 4 is 45.3 Å². The normalized spacial score (nSPS) is 11.3. The summed E-state index contributed by atoms with van der Waals surface area (Å²) in [5.41, 5.74) is 1.77. The Morgan fingerprint density at radius 1 is 1.19 bits per heavy atom. The Hall–Kier alpha value is -2.04. The number of phenols is 1. The van der Waals surface area contributed by atoms with E-state index in [4.69, 9.17) is 16.3 Å². The highest BCUT2D eigenvalue weighted by molar-refractivity contribution is 7.19. The lowest BCUT2D eigenvalue weighted by atomic mass is 10.2. The third-order valence-corrected chi connectivity index (χ3v) is 4.22. The van der Waals surface area contributed by atoms with Gasteiger partial charge in [0.2, 0.25) is 0 Å². The summed E-state index contributed by atoms with van der Waals surface area (Å²) in [6.07, 6.45) is 3.82. The second kappa shape index (κ2) is 5.76. The van der Waals surface area contributed by atoms with Crippen molar-refractivity contribution in [3.05, 3.63) is 52.0 Å². The molecule has 0 bridgehead atoms. The molecular weight excluding hydrogens is 306 g/mol. The Labute approximate surface area is 131 Å². The van der Waals surface area contributed by atoms with Gasteiger partial charge in [0, 0.05) is 5.02 Å². The van der Waals surface area contributed by atoms with Gasteiger partial charge in [-0.1, -0.05) is 23.7 Å². The van der Waals surface area contributed by atoms with Crippen LogP contribution in [0.1, 0.15) is 10.6 Å². The summed E-state index contributed by atoms with van der Waals surface area (Å²) >= 11 is 7.55. The highest BCUT2D eigenvalue weighted by atomic mass is 35.5. The van der Waals surface area contributed by atoms with Crippen molar-refractivity contribution in [2.45, 2.75) is 0 Å². The van der Waals surface area contributed by atoms with Gasteiger partial charge < -0.3 is 9.84 Å². The quantitative estimate of drug-likeness (QED) is 0.752. The molecule has 3 aromatic rings. The van der Waals surface area contributed by atoms with Gasteiger partial charge in [-0.25, -0.2) is 4.98 Å². The summed E-state index contributed by atoms with van der Waals surface area (Å²) in [5.74, 6) is 0.581. The van der Waals surface area contributed by atoms with Gasteiger partial charge >= 0.3 is 0 Å². The molecule has 0 aliphatic heterocycles. The van der Waals surface area contributed by atoms with Crippen LogP contribution in [0.15, 0.2) is 36.4 Å². The van der Waals surface area contributed by atoms with Crippen LogP contribution < -0.4 is 4.74 Å². The number of halogens is 1. The second-order valence-corrected chi connectivity index (χ2v) is 5.93. The average molecular weight is 318 g/mol. The van der Waals surface area contributed by atoms with Gasteiger partial charge in [-0.2, -0.15) is 0 Å². The number of fused-ring (bicyclic) bond motifs is 1. The predicted molar refractivity (Wildman–Crippen MR) is 88.2 cm³/mol. The van der Waals surface area contributed by atoms with E-state index in [-0.39, 0.29) is 5.75 Å². The summed E-state index contributed by atoms with van der Waals surface area (Å²) in [4.78, 5) is 4.50. The van der Waals surface area contributed by atoms with E-state index in [9.17, 15) is 5.11 Å². The number of hydrogen-bond acceptors (Lipinski definition) is 4. The van der Waals surface area contributed by atoms with E-state index in [1.54, 1.807) is 23.5 Å². The van der Waals surface area contributed by atoms with Crippen molar-refractivity contribution in [3.63, 3.8) is 0 Å². The number of methoxy groups -OCH3 is 1. The molecule has 1 aromatic heterocycles. The summed E-state index contributed by atoms with van der Waals surface area (Å²) in [6, 6.07) is 10.9. The molecular formula is C16H12ClNO2S. The summed E-state index contributed by atoms with van der Waals surface area (Å²) in [7, 11) is 1.52. The van der Waals surface area contributed by atoms with Crippen LogP contribution in [0.3, 0.4) is 0 Å². The van der Waals surface area contributed by atoms with Gasteiger partial charge in [0.1, 0.15) is 5.01 Å². The molecule has 1 N–H and O–H groups in total. The maximum Gasteiger partial charge on any atom is 0.160 e. The fraction of sp³-hybridized carbons (Fsp3) is 0.0625. The van der Waals surface area contributed by atoms with Crippen LogP contribution in [0, 0.1) is 0 Å². The van der Waals surface area contributed by atoms with Gasteiger partial charge in [-0.15, -0.1) is 11.3 Å². The van der Waals surface area contributed by atoms with Gasteiger partial charge in [-0.05, 0) is 42.0 Å². The summed E-state index contributed by atoms with van der Waals surface area (Å²) < 4.78 is 6.11. The van der Waals surface area contributed by atoms with Gasteiger partial charge in [0.05, 0.1) is 17.3 Å². The van der Waals surface area contributed by atoms with E-state index in [1.165, 1.54) is 7.11 Å². The van der Waals surface area contributed by atoms with E-state index in [0.717, 1.165) is 20.8 Å². The minimum absolute atomic E-state index is 0.121. The smallest absolute Gasteiger partial charge is 0.160 e. The highest BCUT2D eigenvalue weighted by Crippen LogP contribution is 2.28. The highest BCUT2D eigenvalue weighted by Gasteiger charge is 2.03. The zero-order chi connectivity index (χ0) is 14.8. The number of hydrogen-bond donors (Lipinski definition) is 1. The van der Waals surface area contributed by atoms with E-state index in [1.807, 2.05) is 36.4 Å². The van der Waals surface area contributed by atoms with Crippen molar-refractivity contribution in [1.82, 2.24) is 4.98 Å². The Bertz CT molecular complexity index is 826. The van der Waals surface area contributed by atoms with E-state index >= 15 is 0 Å². The molecule has 2 aromatic carbocycles. The SMILES string of the molecule is COc1ccc(/C=C/c2nc3cc(Cl)ccc3s2)cc1O. The van der Waals surface area contributed by atoms with E-state index < -0.39 is 0 Å². The lowest BCUT2D eigenvalue weighted by Gasteiger charge is -2.02. The van der Waals surface area contributed by atoms with Crippen LogP contribution in [0.5, 0.6) is 11.5 Å². The molecule has 0 saturated heterocycles. The molecule has 21 heavy (non-hydrogen) atoms. The topological polar surface area (TPSA) is 42.4 Å². The van der Waals surface area contributed by atoms with Gasteiger partial charge in [0.15, 0.2) is 11.5 Å². The molecule has 3 nitrogen and oxygen atoms in total. The Balaban J connectivity index is 1.88.